The highest BCUT2D eigenvalue weighted by Gasteiger charge is 2.16. The molecule has 196 valence electrons. The summed E-state index contributed by atoms with van der Waals surface area (Å²) < 4.78 is 3.36. The fourth-order valence-corrected chi connectivity index (χ4v) is 4.16. The van der Waals surface area contributed by atoms with Gasteiger partial charge in [0, 0.05) is 24.7 Å². The molecule has 0 atom stereocenters. The van der Waals surface area contributed by atoms with E-state index >= 15 is 0 Å². The first-order valence-electron chi connectivity index (χ1n) is 12.4. The Bertz CT molecular complexity index is 1800. The quantitative estimate of drug-likeness (QED) is 0.361. The lowest BCUT2D eigenvalue weighted by molar-refractivity contribution is 0.579. The molecule has 0 spiro atoms. The third-order valence-corrected chi connectivity index (χ3v) is 6.06. The molecule has 39 heavy (non-hydrogen) atoms. The normalized spacial score (nSPS) is 10.6. The van der Waals surface area contributed by atoms with Gasteiger partial charge in [-0.2, -0.15) is 10.2 Å². The number of hydrogen-bond donors (Lipinski definition) is 2. The summed E-state index contributed by atoms with van der Waals surface area (Å²) in [6.07, 6.45) is 3.75. The molecule has 0 aliphatic rings. The van der Waals surface area contributed by atoms with Gasteiger partial charge in [-0.1, -0.05) is 37.3 Å². The fraction of sp³-hybridized carbons (Fsp3) is 0.172. The topological polar surface area (TPSA) is 159 Å². The van der Waals surface area contributed by atoms with Gasteiger partial charge < -0.3 is 16.0 Å². The summed E-state index contributed by atoms with van der Waals surface area (Å²) in [5.74, 6) is 0.921. The van der Waals surface area contributed by atoms with Gasteiger partial charge in [-0.25, -0.2) is 9.97 Å². The Kier molecular flexibility index (Phi) is 7.82. The van der Waals surface area contributed by atoms with Crippen molar-refractivity contribution in [2.75, 3.05) is 11.5 Å². The van der Waals surface area contributed by atoms with Crippen molar-refractivity contribution in [3.8, 4) is 22.9 Å². The van der Waals surface area contributed by atoms with Crippen molar-refractivity contribution < 1.29 is 0 Å². The van der Waals surface area contributed by atoms with Gasteiger partial charge >= 0.3 is 0 Å². The number of nitrogens with zero attached hydrogens (tertiary/aromatic N) is 6. The number of nitriles is 1. The van der Waals surface area contributed by atoms with E-state index in [2.05, 4.69) is 9.97 Å². The molecule has 0 aliphatic heterocycles. The van der Waals surface area contributed by atoms with Crippen LogP contribution in [0.2, 0.25) is 0 Å². The number of nitrogens with two attached hydrogens (primary N) is 2. The Morgan fingerprint density at radius 1 is 0.974 bits per heavy atom. The number of benzene rings is 2. The Morgan fingerprint density at radius 3 is 2.36 bits per heavy atom. The highest BCUT2D eigenvalue weighted by molar-refractivity contribution is 5.94. The van der Waals surface area contributed by atoms with Crippen molar-refractivity contribution in [3.63, 3.8) is 0 Å². The van der Waals surface area contributed by atoms with Crippen LogP contribution in [-0.2, 0) is 6.42 Å². The van der Waals surface area contributed by atoms with E-state index in [0.717, 1.165) is 22.6 Å². The van der Waals surface area contributed by atoms with E-state index in [4.69, 9.17) is 21.7 Å². The van der Waals surface area contributed by atoms with Crippen LogP contribution in [0.25, 0.3) is 27.7 Å². The third-order valence-electron chi connectivity index (χ3n) is 6.06. The number of nitrogen functional groups attached to an aromatic ring is 2. The Morgan fingerprint density at radius 2 is 1.72 bits per heavy atom. The lowest BCUT2D eigenvalue weighted by Crippen LogP contribution is -2.24. The molecule has 0 fully saturated rings. The molecule has 0 saturated heterocycles. The van der Waals surface area contributed by atoms with E-state index in [-0.39, 0.29) is 34.5 Å². The molecule has 4 N–H and O–H groups in total. The monoisotopic (exact) mass is 520 g/mol. The minimum absolute atomic E-state index is 0.0308. The number of rotatable bonds is 4. The van der Waals surface area contributed by atoms with Crippen molar-refractivity contribution in [1.29, 1.82) is 5.26 Å². The summed E-state index contributed by atoms with van der Waals surface area (Å²) in [5.41, 5.74) is 13.6. The fourth-order valence-electron chi connectivity index (χ4n) is 4.16. The van der Waals surface area contributed by atoms with Crippen molar-refractivity contribution >= 4 is 22.7 Å². The lowest BCUT2D eigenvalue weighted by Gasteiger charge is -2.15. The molecular formula is C29H28N8O2. The SMILES string of the molecule is CCc1nc2cccc(-c3ccc(=O)n(C(C)C)c3)c2c(=O)n1-c1ccccc1.N#Cc1cnc(N)nc1N. The molecular weight excluding hydrogens is 492 g/mol. The average Bonchev–Trinajstić information content (AvgIpc) is 2.93. The standard InChI is InChI=1S/C24H23N3O2.C5H5N5/c1-4-21-25-20-12-8-11-19(17-13-14-22(28)26(15-17)16(2)3)23(20)24(29)27(21)18-9-6-5-7-10-18;6-1-3-2-9-5(8)10-4(3)7/h5-16H,4H2,1-3H3;2H,(H4,7,8,9,10). The zero-order valence-electron chi connectivity index (χ0n) is 21.9. The predicted octanol–water partition coefficient (Wildman–Crippen LogP) is 3.87. The summed E-state index contributed by atoms with van der Waals surface area (Å²) >= 11 is 0. The molecule has 3 heterocycles. The Labute approximate surface area is 224 Å². The molecule has 5 aromatic rings. The number of aromatic nitrogens is 5. The summed E-state index contributed by atoms with van der Waals surface area (Å²) in [7, 11) is 0. The van der Waals surface area contributed by atoms with Gasteiger partial charge in [0.2, 0.25) is 5.95 Å². The molecule has 0 aliphatic carbocycles. The molecule has 0 saturated carbocycles. The van der Waals surface area contributed by atoms with Crippen LogP contribution in [0.4, 0.5) is 11.8 Å². The first-order valence-corrected chi connectivity index (χ1v) is 12.4. The van der Waals surface area contributed by atoms with Crippen LogP contribution in [-0.4, -0.2) is 24.1 Å². The zero-order valence-corrected chi connectivity index (χ0v) is 21.9. The lowest BCUT2D eigenvalue weighted by atomic mass is 10.0. The number of fused-ring (bicyclic) bond motifs is 1. The largest absolute Gasteiger partial charge is 0.382 e. The maximum absolute atomic E-state index is 13.6. The summed E-state index contributed by atoms with van der Waals surface area (Å²) in [4.78, 5) is 37.8. The van der Waals surface area contributed by atoms with Gasteiger partial charge in [0.05, 0.1) is 22.8 Å². The van der Waals surface area contributed by atoms with Crippen LogP contribution in [0.5, 0.6) is 0 Å². The van der Waals surface area contributed by atoms with Crippen LogP contribution in [0.1, 0.15) is 38.2 Å². The maximum Gasteiger partial charge on any atom is 0.266 e. The number of para-hydroxylation sites is 1. The van der Waals surface area contributed by atoms with E-state index in [1.807, 2.05) is 81.6 Å². The van der Waals surface area contributed by atoms with Crippen LogP contribution < -0.4 is 22.6 Å². The van der Waals surface area contributed by atoms with Gasteiger partial charge in [0.1, 0.15) is 23.3 Å². The summed E-state index contributed by atoms with van der Waals surface area (Å²) in [6.45, 7) is 5.92. The predicted molar refractivity (Wildman–Crippen MR) is 152 cm³/mol. The second-order valence-electron chi connectivity index (χ2n) is 8.95. The number of aryl methyl sites for hydroxylation is 1. The van der Waals surface area contributed by atoms with Gasteiger partial charge in [-0.05, 0) is 49.2 Å². The van der Waals surface area contributed by atoms with E-state index < -0.39 is 0 Å². The van der Waals surface area contributed by atoms with E-state index in [1.165, 1.54) is 6.20 Å². The Hall–Kier alpha value is -5.30. The van der Waals surface area contributed by atoms with E-state index in [1.54, 1.807) is 21.3 Å². The van der Waals surface area contributed by atoms with Crippen molar-refractivity contribution in [1.82, 2.24) is 24.1 Å². The molecule has 10 heteroatoms. The number of anilines is 2. The number of pyridine rings is 1. The van der Waals surface area contributed by atoms with Gasteiger partial charge in [-0.15, -0.1) is 0 Å². The number of hydrogen-bond acceptors (Lipinski definition) is 8. The van der Waals surface area contributed by atoms with E-state index in [9.17, 15) is 9.59 Å². The summed E-state index contributed by atoms with van der Waals surface area (Å²) in [5, 5.41) is 8.92. The van der Waals surface area contributed by atoms with Crippen LogP contribution in [0, 0.1) is 11.3 Å². The van der Waals surface area contributed by atoms with Crippen molar-refractivity contribution in [3.05, 3.63) is 105 Å². The van der Waals surface area contributed by atoms with Crippen molar-refractivity contribution in [2.24, 2.45) is 0 Å². The highest BCUT2D eigenvalue weighted by Crippen LogP contribution is 2.26. The minimum atomic E-state index is -0.101. The second kappa shape index (κ2) is 11.4. The second-order valence-corrected chi connectivity index (χ2v) is 8.95. The van der Waals surface area contributed by atoms with E-state index in [0.29, 0.717) is 17.3 Å². The minimum Gasteiger partial charge on any atom is -0.382 e. The molecule has 5 rings (SSSR count). The molecule has 0 unspecified atom stereocenters. The van der Waals surface area contributed by atoms with Gasteiger partial charge in [0.15, 0.2) is 0 Å². The highest BCUT2D eigenvalue weighted by atomic mass is 16.1. The van der Waals surface area contributed by atoms with Crippen LogP contribution >= 0.6 is 0 Å². The average molecular weight is 521 g/mol. The molecule has 3 aromatic heterocycles. The smallest absolute Gasteiger partial charge is 0.266 e. The van der Waals surface area contributed by atoms with Crippen molar-refractivity contribution in [2.45, 2.75) is 33.2 Å². The molecule has 0 amide bonds. The van der Waals surface area contributed by atoms with Gasteiger partial charge in [0.25, 0.3) is 11.1 Å². The van der Waals surface area contributed by atoms with Crippen LogP contribution in [0.15, 0.2) is 82.6 Å². The van der Waals surface area contributed by atoms with Crippen LogP contribution in [0.3, 0.4) is 0 Å². The maximum atomic E-state index is 13.6. The molecule has 2 aromatic carbocycles. The molecule has 0 bridgehead atoms. The third kappa shape index (κ3) is 5.52. The zero-order chi connectivity index (χ0) is 28.1. The Balaban J connectivity index is 0.000000298. The van der Waals surface area contributed by atoms with Gasteiger partial charge in [-0.3, -0.25) is 14.2 Å². The first-order chi connectivity index (χ1) is 18.7. The molecule has 10 nitrogen and oxygen atoms in total. The molecule has 0 radical (unpaired) electrons. The summed E-state index contributed by atoms with van der Waals surface area (Å²) in [6, 6.07) is 20.4. The first kappa shape index (κ1) is 26.8.